The number of carbonyl (C=O) groups excluding carboxylic acids is 1. The minimum atomic E-state index is 0.197. The smallest absolute Gasteiger partial charge is 0.220 e. The summed E-state index contributed by atoms with van der Waals surface area (Å²) < 4.78 is 0. The second-order valence-corrected chi connectivity index (χ2v) is 6.34. The molecule has 1 aliphatic rings. The Morgan fingerprint density at radius 1 is 1.29 bits per heavy atom. The molecule has 1 fully saturated rings. The average molecular weight is 284 g/mol. The minimum absolute atomic E-state index is 0.197. The van der Waals surface area contributed by atoms with E-state index >= 15 is 0 Å². The molecule has 0 bridgehead atoms. The fraction of sp³-hybridized carbons (Fsp3) is 0.500. The number of aromatic nitrogens is 1. The molecule has 1 saturated carbocycles. The second-order valence-electron chi connectivity index (χ2n) is 6.34. The van der Waals surface area contributed by atoms with Crippen LogP contribution in [0, 0.1) is 5.92 Å². The van der Waals surface area contributed by atoms with Gasteiger partial charge in [0.15, 0.2) is 0 Å². The molecule has 3 nitrogen and oxygen atoms in total. The first-order chi connectivity index (χ1) is 10.2. The lowest BCUT2D eigenvalue weighted by molar-refractivity contribution is -0.122. The van der Waals surface area contributed by atoms with Crippen LogP contribution in [0.3, 0.4) is 0 Å². The molecule has 1 heterocycles. The monoisotopic (exact) mass is 284 g/mol. The Morgan fingerprint density at radius 3 is 3.00 bits per heavy atom. The van der Waals surface area contributed by atoms with Crippen LogP contribution >= 0.6 is 0 Å². The standard InChI is InChI=1S/C18H24N2O/c1-13-4-2-3-5-16(13)20-18(21)9-7-14-6-8-17-15(12-14)10-11-19-17/h6,8,10-13,16,19H,2-5,7,9H2,1H3,(H,20,21)/t13-,16-/m0/s1. The Balaban J connectivity index is 1.53. The van der Waals surface area contributed by atoms with Crippen LogP contribution in [0.4, 0.5) is 0 Å². The molecule has 2 N–H and O–H groups in total. The molecule has 2 aromatic rings. The van der Waals surface area contributed by atoms with Gasteiger partial charge in [-0.2, -0.15) is 0 Å². The van der Waals surface area contributed by atoms with E-state index < -0.39 is 0 Å². The first kappa shape index (κ1) is 14.2. The zero-order chi connectivity index (χ0) is 14.7. The summed E-state index contributed by atoms with van der Waals surface area (Å²) in [5.41, 5.74) is 2.38. The fourth-order valence-electron chi connectivity index (χ4n) is 3.33. The molecule has 0 spiro atoms. The van der Waals surface area contributed by atoms with Gasteiger partial charge in [0.2, 0.25) is 5.91 Å². The van der Waals surface area contributed by atoms with E-state index in [1.165, 1.54) is 30.2 Å². The highest BCUT2D eigenvalue weighted by atomic mass is 16.1. The van der Waals surface area contributed by atoms with Crippen LogP contribution in [-0.2, 0) is 11.2 Å². The number of H-pyrrole nitrogens is 1. The molecule has 1 aliphatic carbocycles. The third-order valence-electron chi connectivity index (χ3n) is 4.72. The summed E-state index contributed by atoms with van der Waals surface area (Å²) in [7, 11) is 0. The molecule has 1 aromatic carbocycles. The van der Waals surface area contributed by atoms with Gasteiger partial charge in [0, 0.05) is 24.2 Å². The highest BCUT2D eigenvalue weighted by Gasteiger charge is 2.22. The molecule has 1 aromatic heterocycles. The van der Waals surface area contributed by atoms with Crippen molar-refractivity contribution < 1.29 is 4.79 Å². The van der Waals surface area contributed by atoms with Gasteiger partial charge in [0.25, 0.3) is 0 Å². The molecule has 0 radical (unpaired) electrons. The predicted molar refractivity (Wildman–Crippen MR) is 86.2 cm³/mol. The first-order valence-electron chi connectivity index (χ1n) is 8.08. The zero-order valence-electron chi connectivity index (χ0n) is 12.7. The van der Waals surface area contributed by atoms with E-state index in [-0.39, 0.29) is 5.91 Å². The largest absolute Gasteiger partial charge is 0.361 e. The van der Waals surface area contributed by atoms with Crippen molar-refractivity contribution in [1.29, 1.82) is 0 Å². The highest BCUT2D eigenvalue weighted by Crippen LogP contribution is 2.23. The number of nitrogens with one attached hydrogen (secondary N) is 2. The maximum Gasteiger partial charge on any atom is 0.220 e. The Bertz CT molecular complexity index is 616. The van der Waals surface area contributed by atoms with Crippen molar-refractivity contribution in [2.75, 3.05) is 0 Å². The summed E-state index contributed by atoms with van der Waals surface area (Å²) in [6, 6.07) is 8.82. The van der Waals surface area contributed by atoms with Crippen LogP contribution in [0.1, 0.15) is 44.6 Å². The van der Waals surface area contributed by atoms with E-state index in [4.69, 9.17) is 0 Å². The van der Waals surface area contributed by atoms with Crippen molar-refractivity contribution in [3.63, 3.8) is 0 Å². The summed E-state index contributed by atoms with van der Waals surface area (Å²) in [5.74, 6) is 0.821. The summed E-state index contributed by atoms with van der Waals surface area (Å²) in [5, 5.41) is 4.44. The maximum absolute atomic E-state index is 12.1. The lowest BCUT2D eigenvalue weighted by atomic mass is 9.86. The van der Waals surface area contributed by atoms with Gasteiger partial charge in [-0.05, 0) is 54.3 Å². The Morgan fingerprint density at radius 2 is 2.14 bits per heavy atom. The van der Waals surface area contributed by atoms with Crippen LogP contribution in [0.25, 0.3) is 10.9 Å². The van der Waals surface area contributed by atoms with Gasteiger partial charge in [0.05, 0.1) is 0 Å². The first-order valence-corrected chi connectivity index (χ1v) is 8.08. The van der Waals surface area contributed by atoms with Gasteiger partial charge in [-0.15, -0.1) is 0 Å². The van der Waals surface area contributed by atoms with E-state index in [2.05, 4.69) is 41.5 Å². The second kappa shape index (κ2) is 6.33. The molecule has 0 aliphatic heterocycles. The molecular formula is C18H24N2O. The van der Waals surface area contributed by atoms with Crippen LogP contribution in [0.2, 0.25) is 0 Å². The van der Waals surface area contributed by atoms with Gasteiger partial charge in [-0.3, -0.25) is 4.79 Å². The molecule has 0 unspecified atom stereocenters. The number of amides is 1. The van der Waals surface area contributed by atoms with Crippen LogP contribution < -0.4 is 5.32 Å². The summed E-state index contributed by atoms with van der Waals surface area (Å²) in [6.45, 7) is 2.25. The molecule has 3 rings (SSSR count). The molecule has 2 atom stereocenters. The topological polar surface area (TPSA) is 44.9 Å². The van der Waals surface area contributed by atoms with Crippen molar-refractivity contribution in [2.24, 2.45) is 5.92 Å². The van der Waals surface area contributed by atoms with Gasteiger partial charge >= 0.3 is 0 Å². The number of fused-ring (bicyclic) bond motifs is 1. The van der Waals surface area contributed by atoms with Gasteiger partial charge < -0.3 is 10.3 Å². The van der Waals surface area contributed by atoms with Crippen molar-refractivity contribution in [3.05, 3.63) is 36.0 Å². The van der Waals surface area contributed by atoms with Crippen molar-refractivity contribution in [3.8, 4) is 0 Å². The number of hydrogen-bond donors (Lipinski definition) is 2. The minimum Gasteiger partial charge on any atom is -0.361 e. The third-order valence-corrected chi connectivity index (χ3v) is 4.72. The van der Waals surface area contributed by atoms with Gasteiger partial charge in [-0.1, -0.05) is 25.8 Å². The summed E-state index contributed by atoms with van der Waals surface area (Å²) in [6.07, 6.45) is 8.29. The van der Waals surface area contributed by atoms with Crippen molar-refractivity contribution in [1.82, 2.24) is 10.3 Å². The van der Waals surface area contributed by atoms with Crippen molar-refractivity contribution >= 4 is 16.8 Å². The molecule has 0 saturated heterocycles. The van der Waals surface area contributed by atoms with Crippen LogP contribution in [0.5, 0.6) is 0 Å². The Labute approximate surface area is 126 Å². The quantitative estimate of drug-likeness (QED) is 0.881. The van der Waals surface area contributed by atoms with Gasteiger partial charge in [0.1, 0.15) is 0 Å². The average Bonchev–Trinajstić information content (AvgIpc) is 2.95. The van der Waals surface area contributed by atoms with E-state index in [9.17, 15) is 4.79 Å². The Hall–Kier alpha value is -1.77. The molecular weight excluding hydrogens is 260 g/mol. The van der Waals surface area contributed by atoms with Crippen molar-refractivity contribution in [2.45, 2.75) is 51.5 Å². The molecule has 112 valence electrons. The molecule has 21 heavy (non-hydrogen) atoms. The number of aryl methyl sites for hydroxylation is 1. The SMILES string of the molecule is C[C@H]1CCCC[C@@H]1NC(=O)CCc1ccc2[nH]ccc2c1. The van der Waals surface area contributed by atoms with E-state index in [1.54, 1.807) is 0 Å². The van der Waals surface area contributed by atoms with E-state index in [1.807, 2.05) is 6.20 Å². The van der Waals surface area contributed by atoms with E-state index in [0.29, 0.717) is 18.4 Å². The summed E-state index contributed by atoms with van der Waals surface area (Å²) >= 11 is 0. The fourth-order valence-corrected chi connectivity index (χ4v) is 3.33. The van der Waals surface area contributed by atoms with Crippen LogP contribution in [-0.4, -0.2) is 16.9 Å². The van der Waals surface area contributed by atoms with E-state index in [0.717, 1.165) is 18.4 Å². The normalized spacial score (nSPS) is 22.3. The number of benzene rings is 1. The number of carbonyl (C=O) groups is 1. The maximum atomic E-state index is 12.1. The number of hydrogen-bond acceptors (Lipinski definition) is 1. The van der Waals surface area contributed by atoms with Crippen LogP contribution in [0.15, 0.2) is 30.5 Å². The van der Waals surface area contributed by atoms with Gasteiger partial charge in [-0.25, -0.2) is 0 Å². The zero-order valence-corrected chi connectivity index (χ0v) is 12.7. The number of aromatic amines is 1. The number of rotatable bonds is 4. The lowest BCUT2D eigenvalue weighted by Gasteiger charge is -2.29. The summed E-state index contributed by atoms with van der Waals surface area (Å²) in [4.78, 5) is 15.3. The highest BCUT2D eigenvalue weighted by molar-refractivity contribution is 5.80. The predicted octanol–water partition coefficient (Wildman–Crippen LogP) is 3.80. The molecule has 1 amide bonds. The third kappa shape index (κ3) is 3.46. The Kier molecular flexibility index (Phi) is 4.28. The lowest BCUT2D eigenvalue weighted by Crippen LogP contribution is -2.41. The molecule has 3 heteroatoms.